The second kappa shape index (κ2) is 5.52. The van der Waals surface area contributed by atoms with Crippen LogP contribution in [0.5, 0.6) is 23.0 Å². The second-order valence-electron chi connectivity index (χ2n) is 3.99. The van der Waals surface area contributed by atoms with E-state index in [1.807, 2.05) is 18.2 Å². The quantitative estimate of drug-likeness (QED) is 0.917. The first-order valence-corrected chi connectivity index (χ1v) is 5.78. The fraction of sp³-hybridized carbons (Fsp3) is 0.200. The van der Waals surface area contributed by atoms with Crippen molar-refractivity contribution in [3.05, 3.63) is 36.4 Å². The Hall–Kier alpha value is -2.36. The summed E-state index contributed by atoms with van der Waals surface area (Å²) in [5.41, 5.74) is 1.83. The molecule has 0 saturated heterocycles. The first-order valence-electron chi connectivity index (χ1n) is 5.78. The van der Waals surface area contributed by atoms with Crippen LogP contribution < -0.4 is 14.2 Å². The van der Waals surface area contributed by atoms with Crippen LogP contribution in [0.25, 0.3) is 11.1 Å². The molecule has 0 aliphatic carbocycles. The zero-order chi connectivity index (χ0) is 13.8. The predicted molar refractivity (Wildman–Crippen MR) is 73.2 cm³/mol. The molecule has 0 saturated carbocycles. The van der Waals surface area contributed by atoms with E-state index in [9.17, 15) is 5.11 Å². The van der Waals surface area contributed by atoms with Crippen molar-refractivity contribution < 1.29 is 19.3 Å². The molecule has 2 aromatic rings. The number of phenolic OH excluding ortho intramolecular Hbond substituents is 1. The molecule has 4 nitrogen and oxygen atoms in total. The zero-order valence-corrected chi connectivity index (χ0v) is 11.1. The fourth-order valence-corrected chi connectivity index (χ4v) is 1.83. The molecule has 0 spiro atoms. The maximum absolute atomic E-state index is 9.61. The first-order chi connectivity index (χ1) is 9.17. The zero-order valence-electron chi connectivity index (χ0n) is 11.1. The van der Waals surface area contributed by atoms with Gasteiger partial charge in [-0.1, -0.05) is 6.07 Å². The summed E-state index contributed by atoms with van der Waals surface area (Å²) in [5.74, 6) is 1.96. The fourth-order valence-electron chi connectivity index (χ4n) is 1.83. The molecule has 0 unspecified atom stereocenters. The van der Waals surface area contributed by atoms with E-state index in [1.165, 1.54) is 7.11 Å². The summed E-state index contributed by atoms with van der Waals surface area (Å²) in [4.78, 5) is 0. The molecule has 0 amide bonds. The van der Waals surface area contributed by atoms with Crippen LogP contribution in [-0.2, 0) is 0 Å². The maximum atomic E-state index is 9.61. The lowest BCUT2D eigenvalue weighted by molar-refractivity contribution is 0.373. The van der Waals surface area contributed by atoms with Gasteiger partial charge in [0.25, 0.3) is 0 Å². The molecule has 1 N–H and O–H groups in total. The molecule has 0 aliphatic heterocycles. The SMILES string of the molecule is COc1cc(OC)cc(-c2ccc(O)c(OC)c2)c1. The van der Waals surface area contributed by atoms with Crippen LogP contribution in [-0.4, -0.2) is 26.4 Å². The van der Waals surface area contributed by atoms with Crippen molar-refractivity contribution in [3.63, 3.8) is 0 Å². The van der Waals surface area contributed by atoms with E-state index >= 15 is 0 Å². The van der Waals surface area contributed by atoms with Gasteiger partial charge in [-0.05, 0) is 35.4 Å². The van der Waals surface area contributed by atoms with Crippen LogP contribution in [0.1, 0.15) is 0 Å². The minimum Gasteiger partial charge on any atom is -0.504 e. The van der Waals surface area contributed by atoms with Gasteiger partial charge in [0, 0.05) is 6.07 Å². The van der Waals surface area contributed by atoms with Gasteiger partial charge in [-0.2, -0.15) is 0 Å². The van der Waals surface area contributed by atoms with Gasteiger partial charge >= 0.3 is 0 Å². The normalized spacial score (nSPS) is 10.1. The number of ether oxygens (including phenoxy) is 3. The summed E-state index contributed by atoms with van der Waals surface area (Å²) in [6.45, 7) is 0. The topological polar surface area (TPSA) is 47.9 Å². The molecule has 2 rings (SSSR count). The van der Waals surface area contributed by atoms with Crippen LogP contribution in [0.2, 0.25) is 0 Å². The first kappa shape index (κ1) is 13.1. The number of hydrogen-bond acceptors (Lipinski definition) is 4. The third-order valence-electron chi connectivity index (χ3n) is 2.86. The van der Waals surface area contributed by atoms with Crippen molar-refractivity contribution in [1.29, 1.82) is 0 Å². The molecular formula is C15H16O4. The minimum absolute atomic E-state index is 0.112. The Morgan fingerprint density at radius 2 is 1.37 bits per heavy atom. The lowest BCUT2D eigenvalue weighted by atomic mass is 10.0. The minimum atomic E-state index is 0.112. The van der Waals surface area contributed by atoms with Gasteiger partial charge in [0.15, 0.2) is 11.5 Å². The highest BCUT2D eigenvalue weighted by Crippen LogP contribution is 2.34. The van der Waals surface area contributed by atoms with E-state index in [0.717, 1.165) is 11.1 Å². The number of aromatic hydroxyl groups is 1. The molecular weight excluding hydrogens is 244 g/mol. The van der Waals surface area contributed by atoms with Crippen molar-refractivity contribution in [3.8, 4) is 34.1 Å². The second-order valence-corrected chi connectivity index (χ2v) is 3.99. The Kier molecular flexibility index (Phi) is 3.80. The summed E-state index contributed by atoms with van der Waals surface area (Å²) in [6, 6.07) is 10.8. The predicted octanol–water partition coefficient (Wildman–Crippen LogP) is 3.09. The molecule has 0 aliphatic rings. The Balaban J connectivity index is 2.51. The highest BCUT2D eigenvalue weighted by Gasteiger charge is 2.07. The molecule has 100 valence electrons. The number of benzene rings is 2. The van der Waals surface area contributed by atoms with Crippen molar-refractivity contribution in [1.82, 2.24) is 0 Å². The molecule has 2 aromatic carbocycles. The van der Waals surface area contributed by atoms with Crippen LogP contribution in [0.3, 0.4) is 0 Å². The Bertz CT molecular complexity index is 556. The molecule has 0 fully saturated rings. The van der Waals surface area contributed by atoms with Gasteiger partial charge in [-0.3, -0.25) is 0 Å². The van der Waals surface area contributed by atoms with Crippen LogP contribution in [0, 0.1) is 0 Å². The molecule has 19 heavy (non-hydrogen) atoms. The summed E-state index contributed by atoms with van der Waals surface area (Å²) < 4.78 is 15.6. The molecule has 4 heteroatoms. The Morgan fingerprint density at radius 1 is 0.737 bits per heavy atom. The standard InChI is InChI=1S/C15H16O4/c1-17-12-6-11(7-13(9-12)18-2)10-4-5-14(16)15(8-10)19-3/h4-9,16H,1-3H3. The van der Waals surface area contributed by atoms with E-state index in [-0.39, 0.29) is 5.75 Å². The highest BCUT2D eigenvalue weighted by molar-refractivity contribution is 5.70. The van der Waals surface area contributed by atoms with Crippen LogP contribution in [0.15, 0.2) is 36.4 Å². The van der Waals surface area contributed by atoms with Gasteiger partial charge in [0.1, 0.15) is 11.5 Å². The average Bonchev–Trinajstić information content (AvgIpc) is 2.47. The molecule has 0 aromatic heterocycles. The van der Waals surface area contributed by atoms with Crippen LogP contribution in [0.4, 0.5) is 0 Å². The largest absolute Gasteiger partial charge is 0.504 e. The summed E-state index contributed by atoms with van der Waals surface area (Å²) in [6.07, 6.45) is 0. The van der Waals surface area contributed by atoms with Gasteiger partial charge in [-0.15, -0.1) is 0 Å². The number of hydrogen-bond donors (Lipinski definition) is 1. The average molecular weight is 260 g/mol. The molecule has 0 atom stereocenters. The number of methoxy groups -OCH3 is 3. The van der Waals surface area contributed by atoms with Crippen molar-refractivity contribution in [2.24, 2.45) is 0 Å². The third-order valence-corrected chi connectivity index (χ3v) is 2.86. The third kappa shape index (κ3) is 2.73. The van der Waals surface area contributed by atoms with Gasteiger partial charge in [0.2, 0.25) is 0 Å². The molecule has 0 bridgehead atoms. The van der Waals surface area contributed by atoms with E-state index in [4.69, 9.17) is 14.2 Å². The van der Waals surface area contributed by atoms with E-state index < -0.39 is 0 Å². The van der Waals surface area contributed by atoms with Crippen molar-refractivity contribution >= 4 is 0 Å². The van der Waals surface area contributed by atoms with Gasteiger partial charge < -0.3 is 19.3 Å². The van der Waals surface area contributed by atoms with E-state index in [0.29, 0.717) is 17.2 Å². The lowest BCUT2D eigenvalue weighted by Gasteiger charge is -2.10. The highest BCUT2D eigenvalue weighted by atomic mass is 16.5. The summed E-state index contributed by atoms with van der Waals surface area (Å²) >= 11 is 0. The van der Waals surface area contributed by atoms with Crippen molar-refractivity contribution in [2.45, 2.75) is 0 Å². The van der Waals surface area contributed by atoms with E-state index in [1.54, 1.807) is 32.4 Å². The van der Waals surface area contributed by atoms with E-state index in [2.05, 4.69) is 0 Å². The molecule has 0 heterocycles. The summed E-state index contributed by atoms with van der Waals surface area (Å²) in [5, 5.41) is 9.61. The Labute approximate surface area is 112 Å². The Morgan fingerprint density at radius 3 is 1.89 bits per heavy atom. The smallest absolute Gasteiger partial charge is 0.161 e. The van der Waals surface area contributed by atoms with Crippen LogP contribution >= 0.6 is 0 Å². The lowest BCUT2D eigenvalue weighted by Crippen LogP contribution is -1.90. The monoisotopic (exact) mass is 260 g/mol. The maximum Gasteiger partial charge on any atom is 0.161 e. The summed E-state index contributed by atoms with van der Waals surface area (Å²) in [7, 11) is 4.73. The van der Waals surface area contributed by atoms with Crippen molar-refractivity contribution in [2.75, 3.05) is 21.3 Å². The molecule has 0 radical (unpaired) electrons. The number of rotatable bonds is 4. The van der Waals surface area contributed by atoms with Gasteiger partial charge in [-0.25, -0.2) is 0 Å². The number of phenols is 1. The van der Waals surface area contributed by atoms with Gasteiger partial charge in [0.05, 0.1) is 21.3 Å².